The van der Waals surface area contributed by atoms with Gasteiger partial charge in [-0.25, -0.2) is 0 Å². The Kier molecular flexibility index (Phi) is 3.66. The van der Waals surface area contributed by atoms with Crippen LogP contribution in [-0.2, 0) is 9.53 Å². The summed E-state index contributed by atoms with van der Waals surface area (Å²) in [4.78, 5) is 11.5. The Bertz CT molecular complexity index is 217. The number of ether oxygens (including phenoxy) is 1. The summed E-state index contributed by atoms with van der Waals surface area (Å²) in [6.07, 6.45) is 10.4. The molecule has 0 bridgehead atoms. The molecule has 1 aliphatic heterocycles. The van der Waals surface area contributed by atoms with Crippen molar-refractivity contribution in [2.24, 2.45) is 11.8 Å². The molecule has 86 valence electrons. The fourth-order valence-electron chi connectivity index (χ4n) is 3.03. The lowest BCUT2D eigenvalue weighted by Crippen LogP contribution is -2.13. The normalized spacial score (nSPS) is 33.8. The second-order valence-corrected chi connectivity index (χ2v) is 5.27. The van der Waals surface area contributed by atoms with E-state index in [9.17, 15) is 4.79 Å². The van der Waals surface area contributed by atoms with Crippen LogP contribution in [0.4, 0.5) is 0 Å². The number of carbonyl (C=O) groups excluding carboxylic acids is 1. The van der Waals surface area contributed by atoms with Crippen molar-refractivity contribution in [2.75, 3.05) is 0 Å². The Morgan fingerprint density at radius 3 is 2.40 bits per heavy atom. The van der Waals surface area contributed by atoms with Crippen LogP contribution in [0.3, 0.4) is 0 Å². The van der Waals surface area contributed by atoms with Gasteiger partial charge in [0.2, 0.25) is 0 Å². The highest BCUT2D eigenvalue weighted by molar-refractivity contribution is 5.74. The third kappa shape index (κ3) is 2.96. The van der Waals surface area contributed by atoms with Crippen LogP contribution in [0.1, 0.15) is 58.3 Å². The molecule has 0 aromatic rings. The summed E-state index contributed by atoms with van der Waals surface area (Å²) >= 11 is 0. The zero-order valence-electron chi connectivity index (χ0n) is 9.71. The zero-order chi connectivity index (χ0) is 10.7. The summed E-state index contributed by atoms with van der Waals surface area (Å²) in [6.45, 7) is 2.00. The van der Waals surface area contributed by atoms with Crippen molar-refractivity contribution in [3.8, 4) is 0 Å². The molecule has 1 heterocycles. The van der Waals surface area contributed by atoms with Crippen LogP contribution in [-0.4, -0.2) is 12.1 Å². The summed E-state index contributed by atoms with van der Waals surface area (Å²) in [7, 11) is 0. The molecular weight excluding hydrogens is 188 g/mol. The van der Waals surface area contributed by atoms with Crippen molar-refractivity contribution >= 4 is 5.97 Å². The molecule has 2 unspecified atom stereocenters. The number of esters is 1. The molecule has 0 N–H and O–H groups in total. The predicted octanol–water partition coefficient (Wildman–Crippen LogP) is 3.30. The third-order valence-electron chi connectivity index (χ3n) is 3.86. The minimum atomic E-state index is 0.0618. The van der Waals surface area contributed by atoms with Crippen LogP contribution in [0.2, 0.25) is 0 Å². The average molecular weight is 210 g/mol. The van der Waals surface area contributed by atoms with E-state index in [2.05, 4.69) is 0 Å². The van der Waals surface area contributed by atoms with Gasteiger partial charge in [0.1, 0.15) is 0 Å². The monoisotopic (exact) mass is 210 g/mol. The van der Waals surface area contributed by atoms with Gasteiger partial charge < -0.3 is 4.74 Å². The van der Waals surface area contributed by atoms with Gasteiger partial charge in [-0.15, -0.1) is 0 Å². The molecular formula is C13H22O2. The van der Waals surface area contributed by atoms with Gasteiger partial charge >= 0.3 is 5.97 Å². The lowest BCUT2D eigenvalue weighted by Gasteiger charge is -2.15. The maximum atomic E-state index is 11.5. The SMILES string of the molecule is CC1CC(CC2CCCCCC2)C(=O)O1. The molecule has 2 rings (SSSR count). The first-order valence-corrected chi connectivity index (χ1v) is 6.46. The lowest BCUT2D eigenvalue weighted by atomic mass is 9.87. The van der Waals surface area contributed by atoms with Gasteiger partial charge in [-0.3, -0.25) is 4.79 Å². The van der Waals surface area contributed by atoms with Crippen LogP contribution in [0.5, 0.6) is 0 Å². The molecule has 0 spiro atoms. The summed E-state index contributed by atoms with van der Waals surface area (Å²) in [6, 6.07) is 0. The largest absolute Gasteiger partial charge is 0.462 e. The van der Waals surface area contributed by atoms with E-state index in [-0.39, 0.29) is 18.0 Å². The Balaban J connectivity index is 1.82. The van der Waals surface area contributed by atoms with E-state index in [1.54, 1.807) is 0 Å². The summed E-state index contributed by atoms with van der Waals surface area (Å²) in [5.41, 5.74) is 0. The lowest BCUT2D eigenvalue weighted by molar-refractivity contribution is -0.144. The smallest absolute Gasteiger partial charge is 0.309 e. The topological polar surface area (TPSA) is 26.3 Å². The van der Waals surface area contributed by atoms with Crippen LogP contribution in [0, 0.1) is 11.8 Å². The van der Waals surface area contributed by atoms with Gasteiger partial charge in [0.05, 0.1) is 12.0 Å². The first-order valence-electron chi connectivity index (χ1n) is 6.46. The minimum absolute atomic E-state index is 0.0618. The van der Waals surface area contributed by atoms with Crippen LogP contribution in [0.25, 0.3) is 0 Å². The van der Waals surface area contributed by atoms with Crippen molar-refractivity contribution in [3.05, 3.63) is 0 Å². The fourth-order valence-corrected chi connectivity index (χ4v) is 3.03. The molecule has 2 heteroatoms. The van der Waals surface area contributed by atoms with E-state index in [0.29, 0.717) is 0 Å². The number of hydrogen-bond donors (Lipinski definition) is 0. The van der Waals surface area contributed by atoms with E-state index in [0.717, 1.165) is 18.8 Å². The van der Waals surface area contributed by atoms with Crippen LogP contribution < -0.4 is 0 Å². The standard InChI is InChI=1S/C13H22O2/c1-10-8-12(13(14)15-10)9-11-6-4-2-3-5-7-11/h10-12H,2-9H2,1H3. The Labute approximate surface area is 92.4 Å². The van der Waals surface area contributed by atoms with Crippen LogP contribution in [0.15, 0.2) is 0 Å². The average Bonchev–Trinajstić information content (AvgIpc) is 2.44. The first kappa shape index (κ1) is 11.0. The quantitative estimate of drug-likeness (QED) is 0.516. The summed E-state index contributed by atoms with van der Waals surface area (Å²) in [5, 5.41) is 0. The maximum Gasteiger partial charge on any atom is 0.309 e. The van der Waals surface area contributed by atoms with E-state index in [1.807, 2.05) is 6.92 Å². The molecule has 0 amide bonds. The Morgan fingerprint density at radius 2 is 1.87 bits per heavy atom. The van der Waals surface area contributed by atoms with E-state index in [4.69, 9.17) is 4.74 Å². The van der Waals surface area contributed by atoms with Crippen molar-refractivity contribution in [1.29, 1.82) is 0 Å². The van der Waals surface area contributed by atoms with Gasteiger partial charge in [0.15, 0.2) is 0 Å². The highest BCUT2D eigenvalue weighted by Crippen LogP contribution is 2.33. The van der Waals surface area contributed by atoms with Crippen molar-refractivity contribution < 1.29 is 9.53 Å². The molecule has 15 heavy (non-hydrogen) atoms. The number of cyclic esters (lactones) is 1. The summed E-state index contributed by atoms with van der Waals surface area (Å²) < 4.78 is 5.21. The second-order valence-electron chi connectivity index (χ2n) is 5.27. The molecule has 2 atom stereocenters. The first-order chi connectivity index (χ1) is 7.25. The van der Waals surface area contributed by atoms with Gasteiger partial charge in [0.25, 0.3) is 0 Å². The highest BCUT2D eigenvalue weighted by atomic mass is 16.5. The molecule has 2 aliphatic rings. The molecule has 2 fully saturated rings. The molecule has 0 radical (unpaired) electrons. The van der Waals surface area contributed by atoms with Crippen molar-refractivity contribution in [1.82, 2.24) is 0 Å². The molecule has 0 aromatic heterocycles. The minimum Gasteiger partial charge on any atom is -0.462 e. The summed E-state index contributed by atoms with van der Waals surface area (Å²) in [5.74, 6) is 1.06. The third-order valence-corrected chi connectivity index (χ3v) is 3.86. The number of carbonyl (C=O) groups is 1. The molecule has 1 saturated heterocycles. The van der Waals surface area contributed by atoms with Crippen molar-refractivity contribution in [2.45, 2.75) is 64.4 Å². The molecule has 0 aromatic carbocycles. The maximum absolute atomic E-state index is 11.5. The predicted molar refractivity (Wildman–Crippen MR) is 59.5 cm³/mol. The number of hydrogen-bond acceptors (Lipinski definition) is 2. The molecule has 1 aliphatic carbocycles. The van der Waals surface area contributed by atoms with Gasteiger partial charge in [0, 0.05) is 0 Å². The second kappa shape index (κ2) is 5.00. The van der Waals surface area contributed by atoms with E-state index < -0.39 is 0 Å². The zero-order valence-corrected chi connectivity index (χ0v) is 9.71. The Morgan fingerprint density at radius 1 is 1.20 bits per heavy atom. The van der Waals surface area contributed by atoms with Gasteiger partial charge in [-0.1, -0.05) is 38.5 Å². The molecule has 2 nitrogen and oxygen atoms in total. The van der Waals surface area contributed by atoms with E-state index >= 15 is 0 Å². The van der Waals surface area contributed by atoms with Crippen molar-refractivity contribution in [3.63, 3.8) is 0 Å². The van der Waals surface area contributed by atoms with E-state index in [1.165, 1.54) is 38.5 Å². The van der Waals surface area contributed by atoms with Crippen LogP contribution >= 0.6 is 0 Å². The van der Waals surface area contributed by atoms with Gasteiger partial charge in [-0.2, -0.15) is 0 Å². The molecule has 1 saturated carbocycles. The Hall–Kier alpha value is -0.530. The van der Waals surface area contributed by atoms with Gasteiger partial charge in [-0.05, 0) is 25.7 Å². The fraction of sp³-hybridized carbons (Fsp3) is 0.923. The number of rotatable bonds is 2. The highest BCUT2D eigenvalue weighted by Gasteiger charge is 2.33.